The molecule has 1 aromatic heterocycles. The molecule has 0 amide bonds. The number of nitrogens with one attached hydrogen (secondary N) is 1. The lowest BCUT2D eigenvalue weighted by Gasteiger charge is -2.14. The summed E-state index contributed by atoms with van der Waals surface area (Å²) in [6.07, 6.45) is 3.18. The van der Waals surface area contributed by atoms with Crippen molar-refractivity contribution < 1.29 is 17.9 Å². The van der Waals surface area contributed by atoms with Crippen LogP contribution in [0.3, 0.4) is 0 Å². The van der Waals surface area contributed by atoms with E-state index >= 15 is 0 Å². The van der Waals surface area contributed by atoms with E-state index in [0.717, 1.165) is 19.1 Å². The summed E-state index contributed by atoms with van der Waals surface area (Å²) in [7, 11) is -3.41. The Morgan fingerprint density at radius 2 is 2.05 bits per heavy atom. The van der Waals surface area contributed by atoms with Crippen LogP contribution in [0.1, 0.15) is 26.7 Å². The maximum atomic E-state index is 11.3. The fourth-order valence-electron chi connectivity index (χ4n) is 1.44. The molecule has 0 aliphatic heterocycles. The van der Waals surface area contributed by atoms with Crippen molar-refractivity contribution in [2.24, 2.45) is 0 Å². The average molecular weight is 286 g/mol. The Bertz CT molecular complexity index is 553. The lowest BCUT2D eigenvalue weighted by molar-refractivity contribution is 0.231. The second-order valence-electron chi connectivity index (χ2n) is 4.85. The minimum Gasteiger partial charge on any atom is -0.487 e. The van der Waals surface area contributed by atoms with Crippen LogP contribution in [-0.4, -0.2) is 31.9 Å². The molecule has 6 nitrogen and oxygen atoms in total. The molecule has 106 valence electrons. The van der Waals surface area contributed by atoms with E-state index in [9.17, 15) is 8.42 Å². The molecule has 1 N–H and O–H groups in total. The molecule has 2 rings (SSSR count). The highest BCUT2D eigenvalue weighted by Gasteiger charge is 2.25. The van der Waals surface area contributed by atoms with E-state index in [1.54, 1.807) is 12.1 Å². The van der Waals surface area contributed by atoms with Crippen LogP contribution in [-0.2, 0) is 10.0 Å². The van der Waals surface area contributed by atoms with Crippen LogP contribution < -0.4 is 14.2 Å². The van der Waals surface area contributed by atoms with Crippen molar-refractivity contribution in [2.45, 2.75) is 38.9 Å². The monoisotopic (exact) mass is 286 g/mol. The number of ether oxygens (including phenoxy) is 2. The highest BCUT2D eigenvalue weighted by Crippen LogP contribution is 2.32. The van der Waals surface area contributed by atoms with E-state index in [1.165, 1.54) is 0 Å². The third-order valence-electron chi connectivity index (χ3n) is 2.29. The van der Waals surface area contributed by atoms with Crippen molar-refractivity contribution >= 4 is 15.8 Å². The van der Waals surface area contributed by atoms with Crippen LogP contribution in [0.4, 0.5) is 5.82 Å². The van der Waals surface area contributed by atoms with E-state index in [1.807, 2.05) is 13.8 Å². The van der Waals surface area contributed by atoms with Gasteiger partial charge in [0.15, 0.2) is 11.6 Å². The molecule has 0 saturated heterocycles. The molecule has 1 fully saturated rings. The first-order chi connectivity index (χ1) is 8.83. The first-order valence-electron chi connectivity index (χ1n) is 6.15. The molecule has 1 aliphatic carbocycles. The van der Waals surface area contributed by atoms with Gasteiger partial charge in [-0.3, -0.25) is 4.72 Å². The van der Waals surface area contributed by atoms with Gasteiger partial charge in [-0.25, -0.2) is 8.42 Å². The van der Waals surface area contributed by atoms with Gasteiger partial charge in [-0.2, -0.15) is 4.98 Å². The number of aromatic nitrogens is 1. The lowest BCUT2D eigenvalue weighted by atomic mass is 10.4. The van der Waals surface area contributed by atoms with Gasteiger partial charge in [-0.15, -0.1) is 0 Å². The second-order valence-corrected chi connectivity index (χ2v) is 6.60. The van der Waals surface area contributed by atoms with Gasteiger partial charge in [0.25, 0.3) is 0 Å². The van der Waals surface area contributed by atoms with Crippen molar-refractivity contribution in [2.75, 3.05) is 11.0 Å². The van der Waals surface area contributed by atoms with Crippen molar-refractivity contribution in [1.29, 1.82) is 0 Å². The van der Waals surface area contributed by atoms with Crippen molar-refractivity contribution in [3.63, 3.8) is 0 Å². The largest absolute Gasteiger partial charge is 0.487 e. The van der Waals surface area contributed by atoms with E-state index in [2.05, 4.69) is 9.71 Å². The zero-order valence-corrected chi connectivity index (χ0v) is 12.0. The lowest BCUT2D eigenvalue weighted by Crippen LogP contribution is -2.14. The summed E-state index contributed by atoms with van der Waals surface area (Å²) in [5.41, 5.74) is 0. The Morgan fingerprint density at radius 3 is 2.58 bits per heavy atom. The van der Waals surface area contributed by atoms with Crippen molar-refractivity contribution in [3.05, 3.63) is 12.1 Å². The van der Waals surface area contributed by atoms with Gasteiger partial charge in [0.1, 0.15) is 0 Å². The third-order valence-corrected chi connectivity index (χ3v) is 2.85. The molecule has 0 atom stereocenters. The molecular weight excluding hydrogens is 268 g/mol. The highest BCUT2D eigenvalue weighted by atomic mass is 32.2. The molecule has 7 heteroatoms. The minimum atomic E-state index is -3.41. The fourth-order valence-corrected chi connectivity index (χ4v) is 1.94. The maximum absolute atomic E-state index is 11.3. The van der Waals surface area contributed by atoms with Crippen LogP contribution in [0, 0.1) is 0 Å². The smallest absolute Gasteiger partial charge is 0.231 e. The Labute approximate surface area is 113 Å². The van der Waals surface area contributed by atoms with Crippen LogP contribution in [0.15, 0.2) is 12.1 Å². The number of hydrogen-bond acceptors (Lipinski definition) is 5. The minimum absolute atomic E-state index is 0.0335. The number of anilines is 1. The van der Waals surface area contributed by atoms with Crippen molar-refractivity contribution in [1.82, 2.24) is 4.98 Å². The molecular formula is C12H18N2O4S. The Balaban J connectivity index is 2.25. The van der Waals surface area contributed by atoms with E-state index in [0.29, 0.717) is 11.6 Å². The molecule has 0 aromatic carbocycles. The third kappa shape index (κ3) is 4.59. The fraction of sp³-hybridized carbons (Fsp3) is 0.583. The molecule has 1 aromatic rings. The molecule has 0 bridgehead atoms. The molecule has 1 aliphatic rings. The SMILES string of the molecule is CC(C)Oc1ccc(OC2CC2)c(NS(C)(=O)=O)n1. The molecule has 0 spiro atoms. The van der Waals surface area contributed by atoms with Crippen LogP contribution in [0.2, 0.25) is 0 Å². The molecule has 1 saturated carbocycles. The van der Waals surface area contributed by atoms with Gasteiger partial charge in [0.2, 0.25) is 15.9 Å². The molecule has 0 radical (unpaired) electrons. The topological polar surface area (TPSA) is 77.5 Å². The van der Waals surface area contributed by atoms with Gasteiger partial charge in [0.05, 0.1) is 18.5 Å². The van der Waals surface area contributed by atoms with Gasteiger partial charge in [-0.1, -0.05) is 0 Å². The molecule has 19 heavy (non-hydrogen) atoms. The average Bonchev–Trinajstić information content (AvgIpc) is 3.02. The summed E-state index contributed by atoms with van der Waals surface area (Å²) in [6, 6.07) is 3.35. The number of pyridine rings is 1. The van der Waals surface area contributed by atoms with Crippen LogP contribution in [0.25, 0.3) is 0 Å². The summed E-state index contributed by atoms with van der Waals surface area (Å²) in [6.45, 7) is 3.75. The summed E-state index contributed by atoms with van der Waals surface area (Å²) in [4.78, 5) is 4.14. The first kappa shape index (κ1) is 13.9. The number of nitrogens with zero attached hydrogens (tertiary/aromatic N) is 1. The van der Waals surface area contributed by atoms with E-state index in [4.69, 9.17) is 9.47 Å². The predicted molar refractivity (Wildman–Crippen MR) is 72.1 cm³/mol. The molecule has 0 unspecified atom stereocenters. The number of rotatable bonds is 6. The van der Waals surface area contributed by atoms with Gasteiger partial charge < -0.3 is 9.47 Å². The highest BCUT2D eigenvalue weighted by molar-refractivity contribution is 7.92. The Kier molecular flexibility index (Phi) is 3.84. The van der Waals surface area contributed by atoms with Gasteiger partial charge in [-0.05, 0) is 32.8 Å². The summed E-state index contributed by atoms with van der Waals surface area (Å²) in [5.74, 6) is 0.973. The number of hydrogen-bond donors (Lipinski definition) is 1. The quantitative estimate of drug-likeness (QED) is 0.862. The number of sulfonamides is 1. The first-order valence-corrected chi connectivity index (χ1v) is 8.05. The zero-order valence-electron chi connectivity index (χ0n) is 11.2. The normalized spacial score (nSPS) is 15.4. The molecule has 1 heterocycles. The van der Waals surface area contributed by atoms with Crippen LogP contribution in [0.5, 0.6) is 11.6 Å². The van der Waals surface area contributed by atoms with E-state index < -0.39 is 10.0 Å². The summed E-state index contributed by atoms with van der Waals surface area (Å²) in [5, 5.41) is 0. The predicted octanol–water partition coefficient (Wildman–Crippen LogP) is 1.78. The Hall–Kier alpha value is -1.50. The van der Waals surface area contributed by atoms with Crippen molar-refractivity contribution in [3.8, 4) is 11.6 Å². The Morgan fingerprint density at radius 1 is 1.37 bits per heavy atom. The summed E-state index contributed by atoms with van der Waals surface area (Å²) >= 11 is 0. The van der Waals surface area contributed by atoms with Gasteiger partial charge >= 0.3 is 0 Å². The maximum Gasteiger partial charge on any atom is 0.231 e. The second kappa shape index (κ2) is 5.24. The van der Waals surface area contributed by atoms with Gasteiger partial charge in [0, 0.05) is 6.07 Å². The van der Waals surface area contributed by atoms with E-state index in [-0.39, 0.29) is 18.0 Å². The standard InChI is InChI=1S/C12H18N2O4S/c1-8(2)17-11-7-6-10(18-9-4-5-9)12(13-11)14-19(3,15)16/h6-9H,4-5H2,1-3H3,(H,13,14). The zero-order chi connectivity index (χ0) is 14.0. The summed E-state index contributed by atoms with van der Waals surface area (Å²) < 4.78 is 36.1. The van der Waals surface area contributed by atoms with Crippen LogP contribution >= 0.6 is 0 Å².